The van der Waals surface area contributed by atoms with Crippen LogP contribution in [-0.4, -0.2) is 27.9 Å². The topological polar surface area (TPSA) is 52.5 Å². The monoisotopic (exact) mass is 267 g/mol. The van der Waals surface area contributed by atoms with E-state index in [1.165, 1.54) is 11.1 Å². The zero-order chi connectivity index (χ0) is 13.1. The lowest BCUT2D eigenvalue weighted by atomic mass is 9.77. The molecule has 1 aliphatic carbocycles. The van der Waals surface area contributed by atoms with Crippen molar-refractivity contribution in [2.75, 3.05) is 6.26 Å². The number of hydroxylamine groups is 1. The van der Waals surface area contributed by atoms with Gasteiger partial charge in [0.15, 0.2) is 0 Å². The quantitative estimate of drug-likeness (QED) is 0.734. The van der Waals surface area contributed by atoms with E-state index in [-0.39, 0.29) is 12.0 Å². The molecule has 0 saturated carbocycles. The maximum atomic E-state index is 9.67. The van der Waals surface area contributed by atoms with Gasteiger partial charge in [0.25, 0.3) is 0 Å². The summed E-state index contributed by atoms with van der Waals surface area (Å²) >= 11 is 1.79. The van der Waals surface area contributed by atoms with Crippen LogP contribution in [0.25, 0.3) is 0 Å². The first-order chi connectivity index (χ1) is 8.71. The van der Waals surface area contributed by atoms with Crippen LogP contribution in [0.2, 0.25) is 0 Å². The fourth-order valence-electron chi connectivity index (χ4n) is 2.96. The number of hydrogen-bond acceptors (Lipinski definition) is 4. The van der Waals surface area contributed by atoms with Gasteiger partial charge < -0.3 is 10.3 Å². The van der Waals surface area contributed by atoms with Crippen LogP contribution in [0.1, 0.15) is 36.8 Å². The predicted octanol–water partition coefficient (Wildman–Crippen LogP) is 2.91. The van der Waals surface area contributed by atoms with Gasteiger partial charge in [-0.25, -0.2) is 5.48 Å². The highest BCUT2D eigenvalue weighted by Crippen LogP contribution is 2.40. The van der Waals surface area contributed by atoms with Gasteiger partial charge in [0.2, 0.25) is 0 Å². The maximum absolute atomic E-state index is 9.67. The van der Waals surface area contributed by atoms with Crippen molar-refractivity contribution in [2.24, 2.45) is 0 Å². The molecule has 2 unspecified atom stereocenters. The Labute approximate surface area is 113 Å². The van der Waals surface area contributed by atoms with Gasteiger partial charge in [-0.15, -0.1) is 0 Å². The van der Waals surface area contributed by atoms with Crippen LogP contribution in [0.15, 0.2) is 18.2 Å². The van der Waals surface area contributed by atoms with E-state index in [1.54, 1.807) is 17.8 Å². The Morgan fingerprint density at radius 2 is 2.22 bits per heavy atom. The van der Waals surface area contributed by atoms with Gasteiger partial charge in [-0.1, -0.05) is 19.4 Å². The minimum Gasteiger partial charge on any atom is -0.508 e. The number of benzene rings is 1. The summed E-state index contributed by atoms with van der Waals surface area (Å²) in [4.78, 5) is 0. The Bertz CT molecular complexity index is 411. The van der Waals surface area contributed by atoms with E-state index in [4.69, 9.17) is 0 Å². The van der Waals surface area contributed by atoms with E-state index in [0.717, 1.165) is 19.3 Å². The van der Waals surface area contributed by atoms with Crippen LogP contribution in [0.5, 0.6) is 5.75 Å². The van der Waals surface area contributed by atoms with Gasteiger partial charge in [-0.05, 0) is 42.4 Å². The number of thioether (sulfide) groups is 1. The van der Waals surface area contributed by atoms with Crippen molar-refractivity contribution in [2.45, 2.75) is 43.4 Å². The summed E-state index contributed by atoms with van der Waals surface area (Å²) in [6, 6.07) is 5.70. The van der Waals surface area contributed by atoms with Crippen molar-refractivity contribution in [1.29, 1.82) is 0 Å². The minimum atomic E-state index is 0.0641. The lowest BCUT2D eigenvalue weighted by Crippen LogP contribution is -2.45. The molecule has 3 atom stereocenters. The second kappa shape index (κ2) is 5.95. The molecule has 18 heavy (non-hydrogen) atoms. The second-order valence-electron chi connectivity index (χ2n) is 4.91. The number of phenolic OH excluding ortho intramolecular Hbond substituents is 1. The minimum absolute atomic E-state index is 0.0641. The number of hydrogen-bond donors (Lipinski definition) is 3. The molecule has 0 bridgehead atoms. The molecular formula is C14H21NO2S. The number of rotatable bonds is 4. The first kappa shape index (κ1) is 13.7. The summed E-state index contributed by atoms with van der Waals surface area (Å²) in [5.74, 6) is 0.586. The molecule has 0 heterocycles. The van der Waals surface area contributed by atoms with E-state index in [2.05, 4.69) is 18.7 Å². The van der Waals surface area contributed by atoms with Crippen molar-refractivity contribution < 1.29 is 10.3 Å². The van der Waals surface area contributed by atoms with Gasteiger partial charge >= 0.3 is 0 Å². The number of aromatic hydroxyl groups is 1. The summed E-state index contributed by atoms with van der Waals surface area (Å²) < 4.78 is 0. The normalized spacial score (nSPS) is 26.9. The maximum Gasteiger partial charge on any atom is 0.115 e. The summed E-state index contributed by atoms with van der Waals surface area (Å²) in [5.41, 5.74) is 4.99. The molecule has 1 aromatic carbocycles. The molecule has 2 rings (SSSR count). The third-order valence-electron chi connectivity index (χ3n) is 3.84. The van der Waals surface area contributed by atoms with E-state index in [0.29, 0.717) is 11.0 Å². The molecule has 0 spiro atoms. The summed E-state index contributed by atoms with van der Waals surface area (Å²) in [7, 11) is 0. The van der Waals surface area contributed by atoms with Crippen molar-refractivity contribution in [3.8, 4) is 5.75 Å². The van der Waals surface area contributed by atoms with Crippen LogP contribution in [0, 0.1) is 0 Å². The SMILES string of the molecule is CCCC1c2cc(O)ccc2CC(SC)[C@H]1NO. The van der Waals surface area contributed by atoms with E-state index in [9.17, 15) is 10.3 Å². The smallest absolute Gasteiger partial charge is 0.115 e. The van der Waals surface area contributed by atoms with E-state index < -0.39 is 0 Å². The molecular weight excluding hydrogens is 246 g/mol. The van der Waals surface area contributed by atoms with Gasteiger partial charge in [-0.3, -0.25) is 0 Å². The molecule has 100 valence electrons. The second-order valence-corrected chi connectivity index (χ2v) is 5.99. The summed E-state index contributed by atoms with van der Waals surface area (Å²) in [5, 5.41) is 19.5. The molecule has 0 fully saturated rings. The number of fused-ring (bicyclic) bond motifs is 1. The fourth-order valence-corrected chi connectivity index (χ4v) is 3.85. The van der Waals surface area contributed by atoms with Gasteiger partial charge in [0.05, 0.1) is 6.04 Å². The molecule has 4 heteroatoms. The van der Waals surface area contributed by atoms with Crippen molar-refractivity contribution >= 4 is 11.8 Å². The van der Waals surface area contributed by atoms with Crippen molar-refractivity contribution in [3.63, 3.8) is 0 Å². The zero-order valence-corrected chi connectivity index (χ0v) is 11.7. The lowest BCUT2D eigenvalue weighted by Gasteiger charge is -2.38. The van der Waals surface area contributed by atoms with Crippen LogP contribution < -0.4 is 5.48 Å². The molecule has 0 aliphatic heterocycles. The molecule has 1 aromatic rings. The molecule has 3 N–H and O–H groups in total. The molecule has 3 nitrogen and oxygen atoms in total. The highest BCUT2D eigenvalue weighted by molar-refractivity contribution is 7.99. The van der Waals surface area contributed by atoms with Gasteiger partial charge in [0.1, 0.15) is 5.75 Å². The molecule has 1 aliphatic rings. The van der Waals surface area contributed by atoms with E-state index >= 15 is 0 Å². The third kappa shape index (κ3) is 2.51. The molecule has 0 amide bonds. The van der Waals surface area contributed by atoms with Gasteiger partial charge in [0, 0.05) is 11.2 Å². The fraction of sp³-hybridized carbons (Fsp3) is 0.571. The largest absolute Gasteiger partial charge is 0.508 e. The Kier molecular flexibility index (Phi) is 4.54. The molecule has 0 radical (unpaired) electrons. The predicted molar refractivity (Wildman–Crippen MR) is 75.5 cm³/mol. The number of nitrogens with one attached hydrogen (secondary N) is 1. The standard InChI is InChI=1S/C14H21NO2S/c1-3-4-11-12-8-10(16)6-5-9(12)7-13(18-2)14(11)15-17/h5-6,8,11,13-17H,3-4,7H2,1-2H3/t11?,13?,14-/m0/s1. The third-order valence-corrected chi connectivity index (χ3v) is 4.90. The van der Waals surface area contributed by atoms with Crippen molar-refractivity contribution in [1.82, 2.24) is 5.48 Å². The Morgan fingerprint density at radius 1 is 1.44 bits per heavy atom. The zero-order valence-electron chi connectivity index (χ0n) is 10.9. The highest BCUT2D eigenvalue weighted by atomic mass is 32.2. The highest BCUT2D eigenvalue weighted by Gasteiger charge is 2.35. The summed E-state index contributed by atoms with van der Waals surface area (Å²) in [6.45, 7) is 2.15. The van der Waals surface area contributed by atoms with Crippen LogP contribution in [-0.2, 0) is 6.42 Å². The first-order valence-electron chi connectivity index (χ1n) is 6.45. The first-order valence-corrected chi connectivity index (χ1v) is 7.74. The van der Waals surface area contributed by atoms with Crippen LogP contribution in [0.3, 0.4) is 0 Å². The average Bonchev–Trinajstić information content (AvgIpc) is 2.39. The molecule has 0 aromatic heterocycles. The average molecular weight is 267 g/mol. The van der Waals surface area contributed by atoms with Crippen molar-refractivity contribution in [3.05, 3.63) is 29.3 Å². The Hall–Kier alpha value is -0.710. The van der Waals surface area contributed by atoms with Crippen LogP contribution >= 0.6 is 11.8 Å². The van der Waals surface area contributed by atoms with Crippen LogP contribution in [0.4, 0.5) is 0 Å². The molecule has 0 saturated heterocycles. The number of phenols is 1. The lowest BCUT2D eigenvalue weighted by molar-refractivity contribution is 0.105. The summed E-state index contributed by atoms with van der Waals surface area (Å²) in [6.07, 6.45) is 5.11. The van der Waals surface area contributed by atoms with E-state index in [1.807, 2.05) is 12.1 Å². The Morgan fingerprint density at radius 3 is 2.83 bits per heavy atom. The van der Waals surface area contributed by atoms with Gasteiger partial charge in [-0.2, -0.15) is 11.8 Å². The Balaban J connectivity index is 2.41.